The molecule has 0 radical (unpaired) electrons. The summed E-state index contributed by atoms with van der Waals surface area (Å²) in [5, 5.41) is 3.20. The van der Waals surface area contributed by atoms with Crippen LogP contribution in [0.4, 0.5) is 5.69 Å². The molecule has 1 saturated heterocycles. The van der Waals surface area contributed by atoms with E-state index in [1.807, 2.05) is 17.9 Å². The van der Waals surface area contributed by atoms with Gasteiger partial charge in [0.25, 0.3) is 5.91 Å². The lowest BCUT2D eigenvalue weighted by molar-refractivity contribution is -0.0226. The maximum atomic E-state index is 12.5. The minimum atomic E-state index is 0.0331. The molecule has 0 saturated carbocycles. The van der Waals surface area contributed by atoms with Crippen molar-refractivity contribution in [2.75, 3.05) is 31.6 Å². The molecule has 2 heterocycles. The van der Waals surface area contributed by atoms with Crippen LogP contribution in [0.3, 0.4) is 0 Å². The van der Waals surface area contributed by atoms with Crippen LogP contribution in [-0.2, 0) is 4.74 Å². The fraction of sp³-hybridized carbons (Fsp3) is 0.571. The number of nitrogens with one attached hydrogen (secondary N) is 1. The first-order chi connectivity index (χ1) is 9.26. The Morgan fingerprint density at radius 1 is 1.58 bits per heavy atom. The molecule has 5 heteroatoms. The van der Waals surface area contributed by atoms with E-state index in [-0.39, 0.29) is 12.0 Å². The summed E-state index contributed by atoms with van der Waals surface area (Å²) in [5.41, 5.74) is 1.49. The van der Waals surface area contributed by atoms with Gasteiger partial charge in [-0.2, -0.15) is 0 Å². The summed E-state index contributed by atoms with van der Waals surface area (Å²) in [6, 6.07) is 1.84. The van der Waals surface area contributed by atoms with E-state index in [1.54, 1.807) is 12.4 Å². The molecule has 0 bridgehead atoms. The van der Waals surface area contributed by atoms with E-state index in [9.17, 15) is 4.79 Å². The molecule has 1 amide bonds. The van der Waals surface area contributed by atoms with E-state index in [4.69, 9.17) is 4.74 Å². The van der Waals surface area contributed by atoms with Gasteiger partial charge in [0.2, 0.25) is 0 Å². The third-order valence-corrected chi connectivity index (χ3v) is 3.30. The molecule has 19 heavy (non-hydrogen) atoms. The lowest BCUT2D eigenvalue weighted by atomic mass is 10.1. The Hall–Kier alpha value is -1.62. The zero-order valence-corrected chi connectivity index (χ0v) is 11.6. The highest BCUT2D eigenvalue weighted by atomic mass is 16.5. The van der Waals surface area contributed by atoms with Crippen molar-refractivity contribution in [3.63, 3.8) is 0 Å². The third-order valence-electron chi connectivity index (χ3n) is 3.30. The van der Waals surface area contributed by atoms with Crippen LogP contribution >= 0.6 is 0 Å². The largest absolute Gasteiger partial charge is 0.385 e. The maximum absolute atomic E-state index is 12.5. The SMILES string of the molecule is CCNc1ccncc1C(=O)N1CCOC(CC)C1. The van der Waals surface area contributed by atoms with Crippen molar-refractivity contribution in [2.45, 2.75) is 26.4 Å². The summed E-state index contributed by atoms with van der Waals surface area (Å²) in [7, 11) is 0. The lowest BCUT2D eigenvalue weighted by Gasteiger charge is -2.32. The summed E-state index contributed by atoms with van der Waals surface area (Å²) in [6.45, 7) is 6.79. The number of amides is 1. The van der Waals surface area contributed by atoms with Crippen LogP contribution in [0.15, 0.2) is 18.5 Å². The molecule has 0 aliphatic carbocycles. The van der Waals surface area contributed by atoms with Gasteiger partial charge in [-0.05, 0) is 19.4 Å². The van der Waals surface area contributed by atoms with Gasteiger partial charge in [-0.3, -0.25) is 9.78 Å². The highest BCUT2D eigenvalue weighted by Crippen LogP contribution is 2.18. The Bertz CT molecular complexity index is 436. The van der Waals surface area contributed by atoms with E-state index in [0.717, 1.165) is 18.7 Å². The number of pyridine rings is 1. The van der Waals surface area contributed by atoms with Gasteiger partial charge in [-0.25, -0.2) is 0 Å². The minimum Gasteiger partial charge on any atom is -0.385 e. The fourth-order valence-corrected chi connectivity index (χ4v) is 2.23. The molecule has 0 spiro atoms. The van der Waals surface area contributed by atoms with Crippen molar-refractivity contribution in [1.29, 1.82) is 0 Å². The predicted molar refractivity (Wildman–Crippen MR) is 74.3 cm³/mol. The molecule has 1 aliphatic heterocycles. The summed E-state index contributed by atoms with van der Waals surface area (Å²) < 4.78 is 5.60. The number of nitrogens with zero attached hydrogens (tertiary/aromatic N) is 2. The van der Waals surface area contributed by atoms with Crippen LogP contribution in [-0.4, -0.2) is 48.1 Å². The van der Waals surface area contributed by atoms with Crippen molar-refractivity contribution in [1.82, 2.24) is 9.88 Å². The van der Waals surface area contributed by atoms with Gasteiger partial charge in [-0.1, -0.05) is 6.92 Å². The average molecular weight is 263 g/mol. The second kappa shape index (κ2) is 6.52. The number of carbonyl (C=O) groups excluding carboxylic acids is 1. The van der Waals surface area contributed by atoms with Gasteiger partial charge in [-0.15, -0.1) is 0 Å². The van der Waals surface area contributed by atoms with Crippen molar-refractivity contribution in [2.24, 2.45) is 0 Å². The topological polar surface area (TPSA) is 54.5 Å². The standard InChI is InChI=1S/C14H21N3O2/c1-3-11-10-17(7-8-19-11)14(18)12-9-15-6-5-13(12)16-4-2/h5-6,9,11H,3-4,7-8,10H2,1-2H3,(H,15,16). The van der Waals surface area contributed by atoms with Crippen LogP contribution in [0.5, 0.6) is 0 Å². The molecule has 5 nitrogen and oxygen atoms in total. The van der Waals surface area contributed by atoms with Gasteiger partial charge < -0.3 is 15.0 Å². The second-order valence-corrected chi connectivity index (χ2v) is 4.60. The van der Waals surface area contributed by atoms with E-state index in [0.29, 0.717) is 25.3 Å². The summed E-state index contributed by atoms with van der Waals surface area (Å²) in [6.07, 6.45) is 4.41. The Labute approximate surface area is 114 Å². The zero-order chi connectivity index (χ0) is 13.7. The first-order valence-electron chi connectivity index (χ1n) is 6.85. The van der Waals surface area contributed by atoms with Gasteiger partial charge in [0.1, 0.15) is 0 Å². The quantitative estimate of drug-likeness (QED) is 0.899. The Balaban J connectivity index is 2.14. The Kier molecular flexibility index (Phi) is 4.74. The number of hydrogen-bond acceptors (Lipinski definition) is 4. The van der Waals surface area contributed by atoms with E-state index >= 15 is 0 Å². The maximum Gasteiger partial charge on any atom is 0.257 e. The fourth-order valence-electron chi connectivity index (χ4n) is 2.23. The number of rotatable bonds is 4. The average Bonchev–Trinajstić information content (AvgIpc) is 2.47. The first-order valence-corrected chi connectivity index (χ1v) is 6.85. The van der Waals surface area contributed by atoms with Crippen LogP contribution in [0.25, 0.3) is 0 Å². The summed E-state index contributed by atoms with van der Waals surface area (Å²) in [4.78, 5) is 18.5. The molecule has 104 valence electrons. The number of aromatic nitrogens is 1. The highest BCUT2D eigenvalue weighted by Gasteiger charge is 2.25. The lowest BCUT2D eigenvalue weighted by Crippen LogP contribution is -2.45. The van der Waals surface area contributed by atoms with E-state index in [1.165, 1.54) is 0 Å². The number of morpholine rings is 1. The number of anilines is 1. The summed E-state index contributed by atoms with van der Waals surface area (Å²) >= 11 is 0. The second-order valence-electron chi connectivity index (χ2n) is 4.60. The molecule has 1 aromatic heterocycles. The van der Waals surface area contributed by atoms with Crippen molar-refractivity contribution >= 4 is 11.6 Å². The molecule has 0 aromatic carbocycles. The Morgan fingerprint density at radius 2 is 2.42 bits per heavy atom. The molecule has 1 aromatic rings. The van der Waals surface area contributed by atoms with Crippen LogP contribution in [0.1, 0.15) is 30.6 Å². The van der Waals surface area contributed by atoms with E-state index < -0.39 is 0 Å². The Morgan fingerprint density at radius 3 is 3.16 bits per heavy atom. The van der Waals surface area contributed by atoms with Gasteiger partial charge in [0, 0.05) is 32.0 Å². The van der Waals surface area contributed by atoms with E-state index in [2.05, 4.69) is 17.2 Å². The van der Waals surface area contributed by atoms with Crippen molar-refractivity contribution in [3.8, 4) is 0 Å². The molecule has 1 aliphatic rings. The number of ether oxygens (including phenoxy) is 1. The zero-order valence-electron chi connectivity index (χ0n) is 11.6. The monoisotopic (exact) mass is 263 g/mol. The molecular weight excluding hydrogens is 242 g/mol. The van der Waals surface area contributed by atoms with Crippen molar-refractivity contribution in [3.05, 3.63) is 24.0 Å². The molecule has 1 atom stereocenters. The molecule has 2 rings (SSSR count). The number of carbonyl (C=O) groups is 1. The highest BCUT2D eigenvalue weighted by molar-refractivity contribution is 5.99. The third kappa shape index (κ3) is 3.23. The minimum absolute atomic E-state index is 0.0331. The molecular formula is C14H21N3O2. The van der Waals surface area contributed by atoms with Crippen LogP contribution < -0.4 is 5.32 Å². The van der Waals surface area contributed by atoms with Gasteiger partial charge in [0.05, 0.1) is 24.0 Å². The van der Waals surface area contributed by atoms with Crippen molar-refractivity contribution < 1.29 is 9.53 Å². The molecule has 1 unspecified atom stereocenters. The first kappa shape index (κ1) is 13.8. The van der Waals surface area contributed by atoms with Gasteiger partial charge >= 0.3 is 0 Å². The predicted octanol–water partition coefficient (Wildman–Crippen LogP) is 1.76. The molecule has 1 N–H and O–H groups in total. The molecule has 1 fully saturated rings. The summed E-state index contributed by atoms with van der Waals surface area (Å²) in [5.74, 6) is 0.0331. The van der Waals surface area contributed by atoms with Crippen LogP contribution in [0.2, 0.25) is 0 Å². The van der Waals surface area contributed by atoms with Crippen LogP contribution in [0, 0.1) is 0 Å². The smallest absolute Gasteiger partial charge is 0.257 e. The number of hydrogen-bond donors (Lipinski definition) is 1. The normalized spacial score (nSPS) is 19.3. The van der Waals surface area contributed by atoms with Gasteiger partial charge in [0.15, 0.2) is 0 Å².